The van der Waals surface area contributed by atoms with E-state index in [0.29, 0.717) is 23.7 Å². The van der Waals surface area contributed by atoms with Gasteiger partial charge in [0.05, 0.1) is 12.8 Å². The second-order valence-corrected chi connectivity index (χ2v) is 4.36. The van der Waals surface area contributed by atoms with E-state index in [-0.39, 0.29) is 11.8 Å². The van der Waals surface area contributed by atoms with Crippen molar-refractivity contribution >= 4 is 23.2 Å². The maximum atomic E-state index is 11.7. The lowest BCUT2D eigenvalue weighted by atomic mass is 10.2. The number of carbonyl (C=O) groups is 2. The molecule has 0 aliphatic carbocycles. The van der Waals surface area contributed by atoms with E-state index in [1.165, 1.54) is 6.92 Å². The first-order valence-electron chi connectivity index (χ1n) is 6.47. The Morgan fingerprint density at radius 3 is 2.60 bits per heavy atom. The standard InChI is InChI=1S/C14H21N3O3/c1-5-15-14(19)9(2)16-12-8-11(17-10(3)18)6-7-13(12)20-4/h6-9,16H,5H2,1-4H3,(H,15,19)(H,17,18)/t9-/m0/s1. The van der Waals surface area contributed by atoms with E-state index in [1.54, 1.807) is 32.2 Å². The lowest BCUT2D eigenvalue weighted by Gasteiger charge is -2.18. The van der Waals surface area contributed by atoms with Crippen LogP contribution in [0.3, 0.4) is 0 Å². The highest BCUT2D eigenvalue weighted by molar-refractivity contribution is 5.90. The molecule has 3 N–H and O–H groups in total. The van der Waals surface area contributed by atoms with Crippen molar-refractivity contribution in [3.8, 4) is 5.75 Å². The molecule has 2 amide bonds. The van der Waals surface area contributed by atoms with Crippen LogP contribution in [0.5, 0.6) is 5.75 Å². The Morgan fingerprint density at radius 2 is 2.05 bits per heavy atom. The molecule has 0 saturated carbocycles. The Kier molecular flexibility index (Phi) is 5.83. The number of benzene rings is 1. The normalized spacial score (nSPS) is 11.4. The highest BCUT2D eigenvalue weighted by atomic mass is 16.5. The number of hydrogen-bond donors (Lipinski definition) is 3. The van der Waals surface area contributed by atoms with E-state index >= 15 is 0 Å². The minimum atomic E-state index is -0.406. The molecule has 1 atom stereocenters. The van der Waals surface area contributed by atoms with Gasteiger partial charge in [-0.15, -0.1) is 0 Å². The van der Waals surface area contributed by atoms with Gasteiger partial charge < -0.3 is 20.7 Å². The molecule has 0 saturated heterocycles. The average molecular weight is 279 g/mol. The van der Waals surface area contributed by atoms with E-state index in [9.17, 15) is 9.59 Å². The summed E-state index contributed by atoms with van der Waals surface area (Å²) in [5.74, 6) is 0.354. The zero-order valence-corrected chi connectivity index (χ0v) is 12.2. The summed E-state index contributed by atoms with van der Waals surface area (Å²) >= 11 is 0. The van der Waals surface area contributed by atoms with Gasteiger partial charge in [-0.2, -0.15) is 0 Å². The zero-order chi connectivity index (χ0) is 15.1. The molecule has 20 heavy (non-hydrogen) atoms. The Balaban J connectivity index is 2.90. The van der Waals surface area contributed by atoms with Crippen molar-refractivity contribution in [2.45, 2.75) is 26.8 Å². The lowest BCUT2D eigenvalue weighted by Crippen LogP contribution is -2.37. The van der Waals surface area contributed by atoms with Crippen molar-refractivity contribution in [2.75, 3.05) is 24.3 Å². The van der Waals surface area contributed by atoms with Crippen LogP contribution in [0.25, 0.3) is 0 Å². The van der Waals surface area contributed by atoms with Gasteiger partial charge in [-0.05, 0) is 32.0 Å². The van der Waals surface area contributed by atoms with Gasteiger partial charge >= 0.3 is 0 Å². The smallest absolute Gasteiger partial charge is 0.242 e. The summed E-state index contributed by atoms with van der Waals surface area (Å²) in [6, 6.07) is 4.80. The van der Waals surface area contributed by atoms with Crippen molar-refractivity contribution < 1.29 is 14.3 Å². The summed E-state index contributed by atoms with van der Waals surface area (Å²) in [7, 11) is 1.55. The van der Waals surface area contributed by atoms with Crippen LogP contribution in [0, 0.1) is 0 Å². The largest absolute Gasteiger partial charge is 0.495 e. The maximum Gasteiger partial charge on any atom is 0.242 e. The summed E-state index contributed by atoms with van der Waals surface area (Å²) in [6.45, 7) is 5.64. The van der Waals surface area contributed by atoms with Crippen LogP contribution in [-0.4, -0.2) is 31.5 Å². The molecule has 0 radical (unpaired) electrons. The number of likely N-dealkylation sites (N-methyl/N-ethyl adjacent to an activating group) is 1. The summed E-state index contributed by atoms with van der Waals surface area (Å²) < 4.78 is 5.24. The van der Waals surface area contributed by atoms with Gasteiger partial charge in [0.15, 0.2) is 0 Å². The van der Waals surface area contributed by atoms with Gasteiger partial charge in [0.2, 0.25) is 11.8 Å². The third-order valence-corrected chi connectivity index (χ3v) is 2.64. The Labute approximate surface area is 118 Å². The van der Waals surface area contributed by atoms with Gasteiger partial charge in [-0.25, -0.2) is 0 Å². The van der Waals surface area contributed by atoms with Crippen molar-refractivity contribution in [3.05, 3.63) is 18.2 Å². The first kappa shape index (κ1) is 15.8. The van der Waals surface area contributed by atoms with E-state index in [4.69, 9.17) is 4.74 Å². The first-order chi connectivity index (χ1) is 9.47. The van der Waals surface area contributed by atoms with E-state index in [1.807, 2.05) is 6.92 Å². The maximum absolute atomic E-state index is 11.7. The number of anilines is 2. The third kappa shape index (κ3) is 4.46. The summed E-state index contributed by atoms with van der Waals surface area (Å²) in [6.07, 6.45) is 0. The second-order valence-electron chi connectivity index (χ2n) is 4.36. The van der Waals surface area contributed by atoms with E-state index < -0.39 is 6.04 Å². The number of carbonyl (C=O) groups excluding carboxylic acids is 2. The zero-order valence-electron chi connectivity index (χ0n) is 12.2. The van der Waals surface area contributed by atoms with Gasteiger partial charge in [0.1, 0.15) is 11.8 Å². The molecular formula is C14H21N3O3. The first-order valence-corrected chi connectivity index (χ1v) is 6.47. The molecule has 0 spiro atoms. The summed E-state index contributed by atoms with van der Waals surface area (Å²) in [5.41, 5.74) is 1.29. The number of methoxy groups -OCH3 is 1. The molecule has 0 heterocycles. The molecule has 0 aliphatic heterocycles. The molecule has 1 aromatic carbocycles. The SMILES string of the molecule is CCNC(=O)[C@H](C)Nc1cc(NC(C)=O)ccc1OC. The highest BCUT2D eigenvalue weighted by Gasteiger charge is 2.14. The predicted octanol–water partition coefficient (Wildman–Crippen LogP) is 1.59. The van der Waals surface area contributed by atoms with Crippen LogP contribution in [0.4, 0.5) is 11.4 Å². The van der Waals surface area contributed by atoms with Crippen LogP contribution >= 0.6 is 0 Å². The molecule has 6 heteroatoms. The molecule has 1 aromatic rings. The number of rotatable bonds is 6. The molecular weight excluding hydrogens is 258 g/mol. The molecule has 0 aromatic heterocycles. The third-order valence-electron chi connectivity index (χ3n) is 2.64. The number of ether oxygens (including phenoxy) is 1. The quantitative estimate of drug-likeness (QED) is 0.739. The fourth-order valence-electron chi connectivity index (χ4n) is 1.73. The summed E-state index contributed by atoms with van der Waals surface area (Å²) in [5, 5.41) is 8.50. The second kappa shape index (κ2) is 7.37. The van der Waals surface area contributed by atoms with Crippen molar-refractivity contribution in [1.82, 2.24) is 5.32 Å². The molecule has 110 valence electrons. The van der Waals surface area contributed by atoms with E-state index in [2.05, 4.69) is 16.0 Å². The monoisotopic (exact) mass is 279 g/mol. The Morgan fingerprint density at radius 1 is 1.35 bits per heavy atom. The van der Waals surface area contributed by atoms with Gasteiger partial charge in [-0.1, -0.05) is 0 Å². The topological polar surface area (TPSA) is 79.5 Å². The van der Waals surface area contributed by atoms with E-state index in [0.717, 1.165) is 0 Å². The fourth-order valence-corrected chi connectivity index (χ4v) is 1.73. The van der Waals surface area contributed by atoms with Crippen LogP contribution in [-0.2, 0) is 9.59 Å². The molecule has 0 fully saturated rings. The fraction of sp³-hybridized carbons (Fsp3) is 0.429. The number of nitrogens with one attached hydrogen (secondary N) is 3. The van der Waals surface area contributed by atoms with Gasteiger partial charge in [-0.3, -0.25) is 9.59 Å². The van der Waals surface area contributed by atoms with Gasteiger partial charge in [0, 0.05) is 19.2 Å². The van der Waals surface area contributed by atoms with Crippen LogP contribution in [0.2, 0.25) is 0 Å². The Hall–Kier alpha value is -2.24. The van der Waals surface area contributed by atoms with Gasteiger partial charge in [0.25, 0.3) is 0 Å². The minimum absolute atomic E-state index is 0.0977. The molecule has 0 bridgehead atoms. The van der Waals surface area contributed by atoms with Crippen molar-refractivity contribution in [1.29, 1.82) is 0 Å². The molecule has 0 aliphatic rings. The van der Waals surface area contributed by atoms with Crippen LogP contribution in [0.15, 0.2) is 18.2 Å². The van der Waals surface area contributed by atoms with Crippen molar-refractivity contribution in [3.63, 3.8) is 0 Å². The molecule has 6 nitrogen and oxygen atoms in total. The molecule has 0 unspecified atom stereocenters. The lowest BCUT2D eigenvalue weighted by molar-refractivity contribution is -0.121. The predicted molar refractivity (Wildman–Crippen MR) is 79.1 cm³/mol. The number of hydrogen-bond acceptors (Lipinski definition) is 4. The van der Waals surface area contributed by atoms with Crippen LogP contribution in [0.1, 0.15) is 20.8 Å². The molecule has 1 rings (SSSR count). The minimum Gasteiger partial charge on any atom is -0.495 e. The highest BCUT2D eigenvalue weighted by Crippen LogP contribution is 2.28. The Bertz CT molecular complexity index is 489. The number of amides is 2. The summed E-state index contributed by atoms with van der Waals surface area (Å²) in [4.78, 5) is 22.8. The van der Waals surface area contributed by atoms with Crippen molar-refractivity contribution in [2.24, 2.45) is 0 Å². The average Bonchev–Trinajstić information content (AvgIpc) is 2.38. The van der Waals surface area contributed by atoms with Crippen LogP contribution < -0.4 is 20.7 Å².